The van der Waals surface area contributed by atoms with E-state index in [-0.39, 0.29) is 71.8 Å². The molecule has 0 heterocycles. The van der Waals surface area contributed by atoms with E-state index in [1.807, 2.05) is 7.11 Å². The Kier molecular flexibility index (Phi) is 26.5. The predicted molar refractivity (Wildman–Crippen MR) is 352 cm³/mol. The Balaban J connectivity index is 0.000000174. The van der Waals surface area contributed by atoms with Crippen molar-refractivity contribution in [3.63, 3.8) is 0 Å². The summed E-state index contributed by atoms with van der Waals surface area (Å²) in [7, 11) is 8.84. The van der Waals surface area contributed by atoms with Gasteiger partial charge >= 0.3 is 0 Å². The molecule has 12 aliphatic carbocycles. The van der Waals surface area contributed by atoms with Gasteiger partial charge in [0.05, 0.1) is 52.8 Å². The summed E-state index contributed by atoms with van der Waals surface area (Å²) in [5.74, 6) is 13.6. The summed E-state index contributed by atoms with van der Waals surface area (Å²) in [6.07, 6.45) is 52.3. The van der Waals surface area contributed by atoms with Gasteiger partial charge in [-0.2, -0.15) is 0 Å². The van der Waals surface area contributed by atoms with Gasteiger partial charge < -0.3 is 28.8 Å². The van der Waals surface area contributed by atoms with E-state index >= 15 is 0 Å². The second-order valence-electron chi connectivity index (χ2n) is 26.9. The van der Waals surface area contributed by atoms with Crippen molar-refractivity contribution in [1.29, 1.82) is 0 Å². The third-order valence-corrected chi connectivity index (χ3v) is 23.4. The molecule has 85 heavy (non-hydrogen) atoms. The minimum absolute atomic E-state index is 0. The number of rotatable bonds is 6. The van der Waals surface area contributed by atoms with E-state index < -0.39 is 5.60 Å². The summed E-state index contributed by atoms with van der Waals surface area (Å²) in [4.78, 5) is 0. The number of allylic oxidation sites excluding steroid dienone is 10. The van der Waals surface area contributed by atoms with Crippen LogP contribution in [0, 0.1) is 103 Å². The second kappa shape index (κ2) is 31.9. The number of ether oxygens (including phenoxy) is 5. The van der Waals surface area contributed by atoms with Gasteiger partial charge in [0, 0.05) is 68.7 Å². The van der Waals surface area contributed by atoms with Gasteiger partial charge in [0.15, 0.2) is 0 Å². The molecule has 0 aliphatic heterocycles. The number of hydrogen-bond donors (Lipinski definition) is 1. The Morgan fingerprint density at radius 3 is 1.62 bits per heavy atom. The maximum Gasteiger partial charge on any atom is 0.130 e. The summed E-state index contributed by atoms with van der Waals surface area (Å²) < 4.78 is 26.6. The van der Waals surface area contributed by atoms with Crippen LogP contribution in [0.3, 0.4) is 0 Å². The predicted octanol–water partition coefficient (Wildman–Crippen LogP) is 20.4. The van der Waals surface area contributed by atoms with Gasteiger partial charge in [0.1, 0.15) is 17.1 Å². The Morgan fingerprint density at radius 1 is 0.518 bits per heavy atom. The molecular formula is C78H114AcO6. The third-order valence-electron chi connectivity index (χ3n) is 23.4. The molecular weight excluding hydrogens is 1260 g/mol. The van der Waals surface area contributed by atoms with Crippen molar-refractivity contribution in [2.75, 3.05) is 35.5 Å². The summed E-state index contributed by atoms with van der Waals surface area (Å²) in [6.45, 7) is 8.95. The Bertz CT molecular complexity index is 2770. The smallest absolute Gasteiger partial charge is 0.130 e. The van der Waals surface area contributed by atoms with Crippen molar-refractivity contribution in [2.45, 2.75) is 240 Å². The fraction of sp³-hybridized carbons (Fsp3) is 0.641. The largest absolute Gasteiger partial charge is 0.501 e. The number of terminal acetylenes is 1. The van der Waals surface area contributed by atoms with E-state index in [9.17, 15) is 5.11 Å². The molecule has 0 bridgehead atoms. The number of fused-ring (bicyclic) bond motifs is 10. The van der Waals surface area contributed by atoms with Crippen molar-refractivity contribution in [3.8, 4) is 23.8 Å². The molecule has 14 rings (SSSR count). The van der Waals surface area contributed by atoms with Gasteiger partial charge in [0.2, 0.25) is 0 Å². The molecule has 0 aromatic heterocycles. The SMILES string of the molecule is C.C.C.C#C[C@]1(O)CCC2C3CCc4cc(OC)ccc4C3CC[C@@]21C.C=C[C@H]1CCC2C3CCC4=C(CC=C(OC)C4)C3CC[C@@]21C.COC1=CCC2=C(CCCC2)C1.COC1=CCC2=C(CCCC2)C1.COc1ccc2c(c1)CCCC2.[Ac]. The monoisotopic (exact) mass is 1370 g/mol. The zero-order valence-corrected chi connectivity index (χ0v) is 56.6. The first-order valence-corrected chi connectivity index (χ1v) is 32.3. The van der Waals surface area contributed by atoms with E-state index in [4.69, 9.17) is 30.1 Å². The number of methoxy groups -OCH3 is 5. The van der Waals surface area contributed by atoms with Crippen LogP contribution in [0.1, 0.15) is 238 Å². The molecule has 2 aromatic carbocycles. The van der Waals surface area contributed by atoms with Crippen molar-refractivity contribution in [2.24, 2.45) is 46.3 Å². The Hall–Kier alpha value is -3.42. The number of hydrogen-bond acceptors (Lipinski definition) is 6. The normalized spacial score (nSPS) is 31.3. The van der Waals surface area contributed by atoms with Crippen molar-refractivity contribution >= 4 is 0 Å². The van der Waals surface area contributed by atoms with Gasteiger partial charge in [-0.05, 0) is 285 Å². The third kappa shape index (κ3) is 15.1. The van der Waals surface area contributed by atoms with Gasteiger partial charge in [-0.25, -0.2) is 0 Å². The van der Waals surface area contributed by atoms with Crippen molar-refractivity contribution in [1.82, 2.24) is 0 Å². The molecule has 0 spiro atoms. The van der Waals surface area contributed by atoms with Gasteiger partial charge in [-0.15, -0.1) is 13.0 Å². The maximum atomic E-state index is 11.0. The Morgan fingerprint density at radius 2 is 1.04 bits per heavy atom. The summed E-state index contributed by atoms with van der Waals surface area (Å²) >= 11 is 0. The van der Waals surface area contributed by atoms with Crippen molar-refractivity contribution < 1.29 is 72.9 Å². The van der Waals surface area contributed by atoms with Crippen LogP contribution in [0.5, 0.6) is 11.5 Å². The molecule has 1 N–H and O–H groups in total. The van der Waals surface area contributed by atoms with E-state index in [0.29, 0.717) is 23.2 Å². The van der Waals surface area contributed by atoms with Crippen LogP contribution < -0.4 is 9.47 Å². The Labute approximate surface area is 554 Å². The molecule has 6 unspecified atom stereocenters. The number of aliphatic hydroxyl groups is 1. The zero-order valence-electron chi connectivity index (χ0n) is 51.9. The van der Waals surface area contributed by atoms with Crippen LogP contribution in [0.15, 0.2) is 118 Å². The number of aryl methyl sites for hydroxylation is 3. The summed E-state index contributed by atoms with van der Waals surface area (Å²) in [5, 5.41) is 11.0. The molecule has 0 saturated heterocycles. The van der Waals surface area contributed by atoms with Gasteiger partial charge in [0.25, 0.3) is 0 Å². The van der Waals surface area contributed by atoms with Crippen LogP contribution in [0.2, 0.25) is 0 Å². The molecule has 2 aromatic rings. The van der Waals surface area contributed by atoms with Gasteiger partial charge in [-0.1, -0.05) is 93.7 Å². The van der Waals surface area contributed by atoms with Crippen LogP contribution in [-0.4, -0.2) is 46.3 Å². The quantitative estimate of drug-likeness (QED) is 0.230. The van der Waals surface area contributed by atoms with E-state index in [2.05, 4.69) is 87.0 Å². The molecule has 7 heteroatoms. The molecule has 4 saturated carbocycles. The van der Waals surface area contributed by atoms with Gasteiger partial charge in [-0.3, -0.25) is 0 Å². The number of benzene rings is 2. The van der Waals surface area contributed by atoms with E-state index in [1.54, 1.807) is 61.9 Å². The van der Waals surface area contributed by atoms with Crippen LogP contribution >= 0.6 is 0 Å². The first-order chi connectivity index (χ1) is 39.4. The molecule has 465 valence electrons. The zero-order chi connectivity index (χ0) is 56.7. The van der Waals surface area contributed by atoms with Crippen LogP contribution in [0.25, 0.3) is 0 Å². The van der Waals surface area contributed by atoms with E-state index in [0.717, 1.165) is 106 Å². The van der Waals surface area contributed by atoms with Crippen molar-refractivity contribution in [3.05, 3.63) is 140 Å². The fourth-order valence-corrected chi connectivity index (χ4v) is 18.6. The van der Waals surface area contributed by atoms with E-state index in [1.165, 1.54) is 162 Å². The molecule has 4 fully saturated rings. The second-order valence-corrected chi connectivity index (χ2v) is 26.9. The first kappa shape index (κ1) is 70.7. The molecule has 12 aliphatic rings. The maximum absolute atomic E-state index is 11.0. The average molecular weight is 1370 g/mol. The average Bonchev–Trinajstić information content (AvgIpc) is 1.80. The summed E-state index contributed by atoms with van der Waals surface area (Å²) in [6, 6.07) is 13.0. The molecule has 6 nitrogen and oxygen atoms in total. The molecule has 0 amide bonds. The minimum atomic E-state index is -0.900. The minimum Gasteiger partial charge on any atom is -0.501 e. The standard InChI is InChI=1S/C21H26O2.C21H30O.2C11H16O.C11H14O.3CH4.Ac/c1-4-21(22)12-10-19-18-7-5-14-13-15(23-3)6-8-16(14)17(18)9-11-20(19,21)2;1-4-15-6-10-20-19-8-5-14-13-16(22-3)7-9-17(14)18(19)11-12-21(15,20)2;3*1-12-11-7-6-9-4-2-3-5-10(9)8-11;;;;/h1,6,8,13,17-19,22H,5,7,9-12H2,2-3H3;4,7,15,18-20H,1,5-6,8-13H2,2-3H3;2*7H,2-6,8H2,1H3;6-8H,2-5H2,1H3;3*1H4;/t17?,18?,19?,20-,21-;15-,18?,19?,20?,21+;;;;;;;/m00......./s1. The summed E-state index contributed by atoms with van der Waals surface area (Å²) in [5.41, 5.74) is 15.8. The molecule has 10 atom stereocenters. The van der Waals surface area contributed by atoms with Crippen LogP contribution in [0.4, 0.5) is 0 Å². The first-order valence-electron chi connectivity index (χ1n) is 32.3. The van der Waals surface area contributed by atoms with Crippen LogP contribution in [-0.2, 0) is 33.5 Å². The molecule has 1 radical (unpaired) electrons. The topological polar surface area (TPSA) is 66.4 Å². The fourth-order valence-electron chi connectivity index (χ4n) is 18.6.